The zero-order valence-corrected chi connectivity index (χ0v) is 27.9. The van der Waals surface area contributed by atoms with Crippen molar-refractivity contribution in [1.82, 2.24) is 24.6 Å². The SMILES string of the molecule is CCn1nccc1-c1nc(-c2cccc(OC[C@H](CN(C)C(=O)O)C(C)(C)C(O[SiH2]C)O[SiH2]C)c2)nc(Cl)c1C. The summed E-state index contributed by atoms with van der Waals surface area (Å²) in [5, 5.41) is 14.3. The Hall–Kier alpha value is -2.78. The van der Waals surface area contributed by atoms with Gasteiger partial charge in [-0.1, -0.05) is 50.7 Å². The molecule has 10 nitrogen and oxygen atoms in total. The Bertz CT molecular complexity index is 1290. The highest BCUT2D eigenvalue weighted by molar-refractivity contribution is 6.30. The van der Waals surface area contributed by atoms with Gasteiger partial charge in [0.1, 0.15) is 17.2 Å². The molecule has 13 heteroatoms. The van der Waals surface area contributed by atoms with E-state index in [0.29, 0.717) is 23.3 Å². The quantitative estimate of drug-likeness (QED) is 0.165. The van der Waals surface area contributed by atoms with Crippen LogP contribution in [0.5, 0.6) is 5.75 Å². The van der Waals surface area contributed by atoms with Crippen LogP contribution in [0, 0.1) is 18.3 Å². The minimum absolute atomic E-state index is 0.200. The van der Waals surface area contributed by atoms with Gasteiger partial charge in [0.15, 0.2) is 25.4 Å². The maximum atomic E-state index is 11.7. The van der Waals surface area contributed by atoms with E-state index in [1.54, 1.807) is 13.2 Å². The van der Waals surface area contributed by atoms with Crippen LogP contribution in [0.4, 0.5) is 4.79 Å². The first-order chi connectivity index (χ1) is 19.0. The maximum absolute atomic E-state index is 11.7. The lowest BCUT2D eigenvalue weighted by Gasteiger charge is -2.41. The highest BCUT2D eigenvalue weighted by Crippen LogP contribution is 2.35. The van der Waals surface area contributed by atoms with E-state index in [0.717, 1.165) is 22.5 Å². The lowest BCUT2D eigenvalue weighted by molar-refractivity contribution is -0.114. The zero-order valence-electron chi connectivity index (χ0n) is 24.3. The van der Waals surface area contributed by atoms with E-state index in [-0.39, 0.29) is 19.1 Å². The molecule has 0 fully saturated rings. The molecule has 0 spiro atoms. The summed E-state index contributed by atoms with van der Waals surface area (Å²) in [4.78, 5) is 22.3. The highest BCUT2D eigenvalue weighted by atomic mass is 35.5. The number of rotatable bonds is 14. The Balaban J connectivity index is 1.90. The summed E-state index contributed by atoms with van der Waals surface area (Å²) in [5.41, 5.74) is 2.64. The van der Waals surface area contributed by atoms with Crippen LogP contribution in [-0.2, 0) is 15.4 Å². The molecule has 3 rings (SSSR count). The van der Waals surface area contributed by atoms with Crippen molar-refractivity contribution in [2.75, 3.05) is 20.2 Å². The van der Waals surface area contributed by atoms with Gasteiger partial charge in [0.25, 0.3) is 0 Å². The van der Waals surface area contributed by atoms with E-state index in [1.807, 2.05) is 48.9 Å². The largest absolute Gasteiger partial charge is 0.493 e. The number of nitrogens with zero attached hydrogens (tertiary/aromatic N) is 5. The van der Waals surface area contributed by atoms with E-state index >= 15 is 0 Å². The van der Waals surface area contributed by atoms with Crippen LogP contribution in [-0.4, -0.2) is 81.9 Å². The molecule has 2 aromatic heterocycles. The molecule has 0 aliphatic carbocycles. The predicted molar refractivity (Wildman–Crippen MR) is 162 cm³/mol. The summed E-state index contributed by atoms with van der Waals surface area (Å²) in [6, 6.07) is 9.43. The third-order valence-electron chi connectivity index (χ3n) is 7.01. The summed E-state index contributed by atoms with van der Waals surface area (Å²) >= 11 is 6.55. The Kier molecular flexibility index (Phi) is 11.3. The summed E-state index contributed by atoms with van der Waals surface area (Å²) in [6.45, 7) is 13.4. The molecule has 0 aliphatic heterocycles. The van der Waals surface area contributed by atoms with Crippen LogP contribution in [0.25, 0.3) is 22.8 Å². The molecule has 0 bridgehead atoms. The standard InChI is InChI=1S/C27H40ClN5O5Si2/c1-8-33-21(12-13-29-33)22-17(2)23(28)31-24(30-22)18-10-9-11-20(14-18)36-16-19(15-32(5)26(34)35)27(3,4)25(37-39-6)38-40-7/h9-14,19,25H,8,15-16,39-40H2,1-7H3,(H,34,35)/t19-/m0/s1. The van der Waals surface area contributed by atoms with Crippen LogP contribution >= 0.6 is 11.6 Å². The number of hydrogen-bond acceptors (Lipinski definition) is 7. The summed E-state index contributed by atoms with van der Waals surface area (Å²) in [6.07, 6.45) is 0.347. The molecule has 1 aromatic carbocycles. The number of carbonyl (C=O) groups is 1. The molecule has 0 saturated heterocycles. The molecule has 218 valence electrons. The van der Waals surface area contributed by atoms with Crippen molar-refractivity contribution in [2.45, 2.75) is 53.6 Å². The molecular formula is C27H40ClN5O5Si2. The number of carboxylic acid groups (broad SMARTS) is 1. The number of aryl methyl sites for hydroxylation is 1. The van der Waals surface area contributed by atoms with E-state index in [9.17, 15) is 9.90 Å². The summed E-state index contributed by atoms with van der Waals surface area (Å²) in [7, 11) is 0.0786. The van der Waals surface area contributed by atoms with Crippen LogP contribution in [0.15, 0.2) is 36.5 Å². The van der Waals surface area contributed by atoms with Gasteiger partial charge in [-0.2, -0.15) is 5.10 Å². The van der Waals surface area contributed by atoms with Crippen molar-refractivity contribution in [2.24, 2.45) is 11.3 Å². The molecular weight excluding hydrogens is 566 g/mol. The number of benzene rings is 1. The number of ether oxygens (including phenoxy) is 1. The lowest BCUT2D eigenvalue weighted by atomic mass is 9.78. The van der Waals surface area contributed by atoms with Crippen molar-refractivity contribution in [3.05, 3.63) is 47.2 Å². The molecule has 0 saturated carbocycles. The molecule has 40 heavy (non-hydrogen) atoms. The number of hydrogen-bond donors (Lipinski definition) is 1. The zero-order chi connectivity index (χ0) is 29.4. The predicted octanol–water partition coefficient (Wildman–Crippen LogP) is 4.24. The van der Waals surface area contributed by atoms with Crippen LogP contribution in [0.3, 0.4) is 0 Å². The fraction of sp³-hybridized carbons (Fsp3) is 0.481. The second kappa shape index (κ2) is 14.2. The summed E-state index contributed by atoms with van der Waals surface area (Å²) in [5.74, 6) is 0.893. The fourth-order valence-corrected chi connectivity index (χ4v) is 6.48. The molecule has 3 aromatic rings. The first-order valence-electron chi connectivity index (χ1n) is 13.5. The van der Waals surface area contributed by atoms with Gasteiger partial charge in [-0.25, -0.2) is 14.8 Å². The van der Waals surface area contributed by atoms with Crippen molar-refractivity contribution in [3.63, 3.8) is 0 Å². The van der Waals surface area contributed by atoms with Crippen LogP contribution < -0.4 is 4.74 Å². The Labute approximate surface area is 245 Å². The van der Waals surface area contributed by atoms with Crippen molar-refractivity contribution < 1.29 is 23.5 Å². The van der Waals surface area contributed by atoms with Gasteiger partial charge in [0.2, 0.25) is 0 Å². The van der Waals surface area contributed by atoms with E-state index in [2.05, 4.69) is 37.0 Å². The number of halogens is 1. The number of amides is 1. The van der Waals surface area contributed by atoms with Crippen molar-refractivity contribution in [1.29, 1.82) is 0 Å². The Morgan fingerprint density at radius 2 is 1.90 bits per heavy atom. The second-order valence-electron chi connectivity index (χ2n) is 10.1. The second-order valence-corrected chi connectivity index (χ2v) is 12.3. The maximum Gasteiger partial charge on any atom is 0.407 e. The molecule has 0 unspecified atom stereocenters. The average Bonchev–Trinajstić information content (AvgIpc) is 3.41. The third-order valence-corrected chi connectivity index (χ3v) is 8.65. The van der Waals surface area contributed by atoms with Crippen LogP contribution in [0.2, 0.25) is 18.2 Å². The van der Waals surface area contributed by atoms with Gasteiger partial charge >= 0.3 is 6.09 Å². The van der Waals surface area contributed by atoms with E-state index in [4.69, 9.17) is 30.2 Å². The number of aromatic nitrogens is 4. The fourth-order valence-electron chi connectivity index (χ4n) is 4.46. The van der Waals surface area contributed by atoms with Gasteiger partial charge in [0.05, 0.1) is 18.0 Å². The van der Waals surface area contributed by atoms with Gasteiger partial charge in [0, 0.05) is 48.8 Å². The van der Waals surface area contributed by atoms with E-state index < -0.39 is 37.3 Å². The van der Waals surface area contributed by atoms with Gasteiger partial charge in [-0.15, -0.1) is 0 Å². The van der Waals surface area contributed by atoms with Gasteiger partial charge < -0.3 is 23.6 Å². The monoisotopic (exact) mass is 605 g/mol. The van der Waals surface area contributed by atoms with Crippen LogP contribution in [0.1, 0.15) is 26.3 Å². The van der Waals surface area contributed by atoms with Crippen molar-refractivity contribution >= 4 is 37.2 Å². The molecule has 2 heterocycles. The smallest absolute Gasteiger partial charge is 0.407 e. The minimum atomic E-state index is -0.996. The minimum Gasteiger partial charge on any atom is -0.493 e. The topological polar surface area (TPSA) is 112 Å². The van der Waals surface area contributed by atoms with Gasteiger partial charge in [-0.3, -0.25) is 4.68 Å². The lowest BCUT2D eigenvalue weighted by Crippen LogP contribution is -2.48. The first kappa shape index (κ1) is 31.7. The summed E-state index contributed by atoms with van der Waals surface area (Å²) < 4.78 is 20.3. The van der Waals surface area contributed by atoms with E-state index in [1.165, 1.54) is 4.90 Å². The highest BCUT2D eigenvalue weighted by Gasteiger charge is 2.40. The molecule has 1 amide bonds. The molecule has 0 radical (unpaired) electrons. The molecule has 1 N–H and O–H groups in total. The normalized spacial score (nSPS) is 13.8. The Morgan fingerprint density at radius 1 is 1.20 bits per heavy atom. The van der Waals surface area contributed by atoms with Crippen molar-refractivity contribution in [3.8, 4) is 28.5 Å². The third kappa shape index (κ3) is 7.49. The molecule has 0 aliphatic rings. The van der Waals surface area contributed by atoms with Gasteiger partial charge in [-0.05, 0) is 32.0 Å². The first-order valence-corrected chi connectivity index (χ1v) is 17.9. The Morgan fingerprint density at radius 3 is 2.52 bits per heavy atom. The average molecular weight is 606 g/mol. The molecule has 1 atom stereocenters.